The molecule has 1 atom stereocenters. The Labute approximate surface area is 204 Å². The van der Waals surface area contributed by atoms with Crippen molar-refractivity contribution in [3.05, 3.63) is 59.7 Å². The highest BCUT2D eigenvalue weighted by Gasteiger charge is 2.29. The highest BCUT2D eigenvalue weighted by Crippen LogP contribution is 2.44. The molecular weight excluding hydrogens is 452 g/mol. The summed E-state index contributed by atoms with van der Waals surface area (Å²) in [6, 6.07) is 14.9. The van der Waals surface area contributed by atoms with Crippen LogP contribution in [-0.2, 0) is 23.8 Å². The molecule has 0 radical (unpaired) electrons. The summed E-state index contributed by atoms with van der Waals surface area (Å²) in [5.74, 6) is -1.67. The predicted molar refractivity (Wildman–Crippen MR) is 129 cm³/mol. The summed E-state index contributed by atoms with van der Waals surface area (Å²) in [5.41, 5.74) is 4.37. The molecule has 9 heteroatoms. The molecule has 2 aromatic carbocycles. The van der Waals surface area contributed by atoms with Gasteiger partial charge in [-0.05, 0) is 35.6 Å². The van der Waals surface area contributed by atoms with Crippen molar-refractivity contribution in [2.75, 3.05) is 39.6 Å². The van der Waals surface area contributed by atoms with E-state index in [-0.39, 0.29) is 38.5 Å². The lowest BCUT2D eigenvalue weighted by molar-refractivity contribution is -0.137. The van der Waals surface area contributed by atoms with E-state index in [1.165, 1.54) is 0 Å². The topological polar surface area (TPSA) is 123 Å². The van der Waals surface area contributed by atoms with Gasteiger partial charge in [-0.3, -0.25) is 9.59 Å². The molecule has 35 heavy (non-hydrogen) atoms. The maximum absolute atomic E-state index is 12.6. The number of fused-ring (bicyclic) bond motifs is 3. The summed E-state index contributed by atoms with van der Waals surface area (Å²) in [5, 5.41) is 14.2. The number of hydrogen-bond donors (Lipinski definition) is 3. The molecule has 3 rings (SSSR count). The minimum atomic E-state index is -1.06. The van der Waals surface area contributed by atoms with Crippen LogP contribution in [0, 0.1) is 0 Å². The van der Waals surface area contributed by atoms with Crippen molar-refractivity contribution in [3.8, 4) is 11.1 Å². The van der Waals surface area contributed by atoms with E-state index in [1.54, 1.807) is 0 Å². The normalized spacial score (nSPS) is 12.9. The average Bonchev–Trinajstić information content (AvgIpc) is 3.18. The summed E-state index contributed by atoms with van der Waals surface area (Å²) < 4.78 is 16.0. The van der Waals surface area contributed by atoms with Crippen molar-refractivity contribution >= 4 is 18.0 Å². The van der Waals surface area contributed by atoms with Crippen LogP contribution in [0.1, 0.15) is 36.8 Å². The molecular formula is C26H32N2O7. The van der Waals surface area contributed by atoms with Gasteiger partial charge in [0.15, 0.2) is 0 Å². The smallest absolute Gasteiger partial charge is 0.407 e. The Morgan fingerprint density at radius 3 is 2.20 bits per heavy atom. The number of carboxylic acid groups (broad SMARTS) is 1. The zero-order valence-corrected chi connectivity index (χ0v) is 19.8. The zero-order chi connectivity index (χ0) is 25.0. The molecule has 0 bridgehead atoms. The Balaban J connectivity index is 1.53. The maximum Gasteiger partial charge on any atom is 0.407 e. The monoisotopic (exact) mass is 484 g/mol. The van der Waals surface area contributed by atoms with Gasteiger partial charge in [-0.1, -0.05) is 48.5 Å². The van der Waals surface area contributed by atoms with E-state index in [9.17, 15) is 14.4 Å². The SMILES string of the molecule is CCOCCOCCNC(=O)C(CCC(=O)O)NC(=O)OCC1c2ccccc2-c2ccccc21. The van der Waals surface area contributed by atoms with E-state index in [2.05, 4.69) is 10.6 Å². The van der Waals surface area contributed by atoms with Crippen molar-refractivity contribution in [2.24, 2.45) is 0 Å². The lowest BCUT2D eigenvalue weighted by Gasteiger charge is -2.19. The van der Waals surface area contributed by atoms with Crippen LogP contribution >= 0.6 is 0 Å². The Morgan fingerprint density at radius 2 is 1.57 bits per heavy atom. The fourth-order valence-electron chi connectivity index (χ4n) is 4.05. The van der Waals surface area contributed by atoms with Crippen molar-refractivity contribution in [3.63, 3.8) is 0 Å². The minimum absolute atomic E-state index is 0.0590. The largest absolute Gasteiger partial charge is 0.481 e. The van der Waals surface area contributed by atoms with Gasteiger partial charge in [-0.2, -0.15) is 0 Å². The molecule has 2 aromatic rings. The molecule has 1 aliphatic carbocycles. The first-order chi connectivity index (χ1) is 17.0. The summed E-state index contributed by atoms with van der Waals surface area (Å²) in [4.78, 5) is 36.1. The van der Waals surface area contributed by atoms with Crippen molar-refractivity contribution in [1.82, 2.24) is 10.6 Å². The molecule has 9 nitrogen and oxygen atoms in total. The van der Waals surface area contributed by atoms with Gasteiger partial charge in [0, 0.05) is 25.5 Å². The quantitative estimate of drug-likeness (QED) is 0.352. The number of carbonyl (C=O) groups is 3. The second kappa shape index (κ2) is 13.5. The van der Waals surface area contributed by atoms with Gasteiger partial charge in [0.25, 0.3) is 0 Å². The predicted octanol–water partition coefficient (Wildman–Crippen LogP) is 2.93. The number of amides is 2. The Kier molecular flexibility index (Phi) is 10.1. The molecule has 188 valence electrons. The van der Waals surface area contributed by atoms with E-state index in [0.29, 0.717) is 19.8 Å². The van der Waals surface area contributed by atoms with Crippen molar-refractivity contribution in [1.29, 1.82) is 0 Å². The number of alkyl carbamates (subject to hydrolysis) is 1. The van der Waals surface area contributed by atoms with Gasteiger partial charge in [0.2, 0.25) is 5.91 Å². The van der Waals surface area contributed by atoms with Crippen molar-refractivity contribution in [2.45, 2.75) is 31.7 Å². The Hall–Kier alpha value is -3.43. The van der Waals surface area contributed by atoms with E-state index >= 15 is 0 Å². The summed E-state index contributed by atoms with van der Waals surface area (Å²) in [6.45, 7) is 3.96. The van der Waals surface area contributed by atoms with Gasteiger partial charge >= 0.3 is 12.1 Å². The van der Waals surface area contributed by atoms with Gasteiger partial charge in [-0.15, -0.1) is 0 Å². The molecule has 0 spiro atoms. The first kappa shape index (κ1) is 26.2. The van der Waals surface area contributed by atoms with Crippen LogP contribution in [0.4, 0.5) is 4.79 Å². The molecule has 2 amide bonds. The van der Waals surface area contributed by atoms with Crippen molar-refractivity contribution < 1.29 is 33.7 Å². The second-order valence-corrected chi connectivity index (χ2v) is 8.06. The molecule has 0 saturated carbocycles. The third-order valence-electron chi connectivity index (χ3n) is 5.72. The van der Waals surface area contributed by atoms with Gasteiger partial charge < -0.3 is 30.0 Å². The summed E-state index contributed by atoms with van der Waals surface area (Å²) in [7, 11) is 0. The first-order valence-electron chi connectivity index (χ1n) is 11.8. The number of hydrogen-bond acceptors (Lipinski definition) is 6. The van der Waals surface area contributed by atoms with E-state index < -0.39 is 24.0 Å². The number of ether oxygens (including phenoxy) is 3. The van der Waals surface area contributed by atoms with Crippen LogP contribution in [0.25, 0.3) is 11.1 Å². The van der Waals surface area contributed by atoms with Crippen LogP contribution < -0.4 is 10.6 Å². The number of nitrogens with one attached hydrogen (secondary N) is 2. The lowest BCUT2D eigenvalue weighted by atomic mass is 9.98. The molecule has 0 aliphatic heterocycles. The number of carboxylic acids is 1. The first-order valence-corrected chi connectivity index (χ1v) is 11.8. The average molecular weight is 485 g/mol. The van der Waals surface area contributed by atoms with Crippen LogP contribution in [0.15, 0.2) is 48.5 Å². The zero-order valence-electron chi connectivity index (χ0n) is 19.8. The van der Waals surface area contributed by atoms with Crippen LogP contribution in [0.3, 0.4) is 0 Å². The third kappa shape index (κ3) is 7.53. The Morgan fingerprint density at radius 1 is 0.943 bits per heavy atom. The van der Waals surface area contributed by atoms with E-state index in [4.69, 9.17) is 19.3 Å². The van der Waals surface area contributed by atoms with Gasteiger partial charge in [0.1, 0.15) is 12.6 Å². The lowest BCUT2D eigenvalue weighted by Crippen LogP contribution is -2.48. The molecule has 0 aromatic heterocycles. The minimum Gasteiger partial charge on any atom is -0.481 e. The van der Waals surface area contributed by atoms with Gasteiger partial charge in [-0.25, -0.2) is 4.79 Å². The van der Waals surface area contributed by atoms with Crippen LogP contribution in [-0.4, -0.2) is 68.7 Å². The van der Waals surface area contributed by atoms with Crippen LogP contribution in [0.2, 0.25) is 0 Å². The fourth-order valence-corrected chi connectivity index (χ4v) is 4.05. The number of aliphatic carboxylic acids is 1. The summed E-state index contributed by atoms with van der Waals surface area (Å²) >= 11 is 0. The number of rotatable bonds is 14. The fraction of sp³-hybridized carbons (Fsp3) is 0.423. The van der Waals surface area contributed by atoms with E-state index in [1.807, 2.05) is 55.5 Å². The molecule has 0 saturated heterocycles. The maximum atomic E-state index is 12.6. The summed E-state index contributed by atoms with van der Waals surface area (Å²) in [6.07, 6.45) is -1.10. The van der Waals surface area contributed by atoms with E-state index in [0.717, 1.165) is 22.3 Å². The Bertz CT molecular complexity index is 965. The highest BCUT2D eigenvalue weighted by atomic mass is 16.5. The van der Waals surface area contributed by atoms with Gasteiger partial charge in [0.05, 0.1) is 19.8 Å². The third-order valence-corrected chi connectivity index (χ3v) is 5.72. The molecule has 3 N–H and O–H groups in total. The molecule has 1 unspecified atom stereocenters. The standard InChI is InChI=1S/C26H32N2O7/c1-2-33-15-16-34-14-13-27-25(31)23(11-12-24(29)30)28-26(32)35-17-22-20-9-5-3-7-18(20)19-8-4-6-10-21(19)22/h3-10,22-23H,2,11-17H2,1H3,(H,27,31)(H,28,32)(H,29,30). The molecule has 0 fully saturated rings. The second-order valence-electron chi connectivity index (χ2n) is 8.06. The van der Waals surface area contributed by atoms with Crippen LogP contribution in [0.5, 0.6) is 0 Å². The molecule has 0 heterocycles. The number of benzene rings is 2. The highest BCUT2D eigenvalue weighted by molar-refractivity contribution is 5.86. The molecule has 1 aliphatic rings. The number of carbonyl (C=O) groups excluding carboxylic acids is 2.